The third kappa shape index (κ3) is 1.67. The molecule has 4 nitrogen and oxygen atoms in total. The molecule has 2 fully saturated rings. The highest BCUT2D eigenvalue weighted by Gasteiger charge is 2.50. The van der Waals surface area contributed by atoms with Gasteiger partial charge in [0.2, 0.25) is 11.8 Å². The highest BCUT2D eigenvalue weighted by molar-refractivity contribution is 5.99. The van der Waals surface area contributed by atoms with Gasteiger partial charge in [0.25, 0.3) is 0 Å². The number of carbonyl (C=O) groups excluding carboxylic acids is 2. The Morgan fingerprint density at radius 2 is 2.27 bits per heavy atom. The van der Waals surface area contributed by atoms with Crippen LogP contribution in [0.2, 0.25) is 0 Å². The van der Waals surface area contributed by atoms with Crippen molar-refractivity contribution < 1.29 is 9.59 Å². The number of rotatable bonds is 1. The third-order valence-corrected chi connectivity index (χ3v) is 3.82. The molecule has 1 spiro atoms. The van der Waals surface area contributed by atoms with Gasteiger partial charge in [-0.25, -0.2) is 0 Å². The van der Waals surface area contributed by atoms with Crippen molar-refractivity contribution in [3.8, 4) is 0 Å². The molecule has 0 saturated carbocycles. The van der Waals surface area contributed by atoms with Crippen LogP contribution >= 0.6 is 0 Å². The van der Waals surface area contributed by atoms with E-state index >= 15 is 0 Å². The van der Waals surface area contributed by atoms with E-state index in [-0.39, 0.29) is 23.1 Å². The van der Waals surface area contributed by atoms with E-state index in [1.165, 1.54) is 0 Å². The summed E-state index contributed by atoms with van der Waals surface area (Å²) in [5.74, 6) is -0.149. The maximum Gasteiger partial charge on any atom is 0.230 e. The van der Waals surface area contributed by atoms with Crippen LogP contribution in [-0.2, 0) is 9.59 Å². The summed E-state index contributed by atoms with van der Waals surface area (Å²) in [6.07, 6.45) is 2.32. The van der Waals surface area contributed by atoms with Crippen molar-refractivity contribution in [3.63, 3.8) is 0 Å². The Bertz CT molecular complexity index is 303. The monoisotopic (exact) mass is 210 g/mol. The van der Waals surface area contributed by atoms with Gasteiger partial charge in [-0.15, -0.1) is 0 Å². The van der Waals surface area contributed by atoms with Gasteiger partial charge in [0.15, 0.2) is 0 Å². The number of imide groups is 1. The van der Waals surface area contributed by atoms with E-state index < -0.39 is 0 Å². The molecule has 2 aliphatic heterocycles. The summed E-state index contributed by atoms with van der Waals surface area (Å²) < 4.78 is 0. The molecule has 4 heteroatoms. The minimum Gasteiger partial charge on any atom is -0.306 e. The van der Waals surface area contributed by atoms with E-state index in [9.17, 15) is 9.59 Å². The number of amides is 2. The first-order valence-electron chi connectivity index (χ1n) is 5.59. The maximum absolute atomic E-state index is 11.8. The fraction of sp³-hybridized carbons (Fsp3) is 0.818. The van der Waals surface area contributed by atoms with Gasteiger partial charge in [-0.05, 0) is 26.4 Å². The smallest absolute Gasteiger partial charge is 0.230 e. The van der Waals surface area contributed by atoms with Crippen LogP contribution in [0.5, 0.6) is 0 Å². The van der Waals surface area contributed by atoms with Crippen LogP contribution in [0.1, 0.15) is 26.2 Å². The molecule has 84 valence electrons. The molecule has 2 rings (SSSR count). The number of nitrogens with zero attached hydrogens (tertiary/aromatic N) is 1. The lowest BCUT2D eigenvalue weighted by molar-refractivity contribution is -0.143. The molecule has 0 radical (unpaired) electrons. The Hall–Kier alpha value is -0.900. The zero-order chi connectivity index (χ0) is 11.1. The molecular weight excluding hydrogens is 192 g/mol. The molecule has 2 unspecified atom stereocenters. The van der Waals surface area contributed by atoms with Gasteiger partial charge in [0, 0.05) is 24.3 Å². The van der Waals surface area contributed by atoms with Crippen molar-refractivity contribution in [1.29, 1.82) is 0 Å². The van der Waals surface area contributed by atoms with E-state index in [1.54, 1.807) is 0 Å². The van der Waals surface area contributed by atoms with Crippen LogP contribution in [0.15, 0.2) is 0 Å². The van der Waals surface area contributed by atoms with E-state index in [4.69, 9.17) is 0 Å². The quantitative estimate of drug-likeness (QED) is 0.637. The number of hydrogen-bond donors (Lipinski definition) is 1. The number of nitrogens with one attached hydrogen (secondary N) is 1. The van der Waals surface area contributed by atoms with Crippen molar-refractivity contribution in [3.05, 3.63) is 0 Å². The Morgan fingerprint density at radius 3 is 2.80 bits per heavy atom. The van der Waals surface area contributed by atoms with Crippen molar-refractivity contribution in [2.24, 2.45) is 11.3 Å². The highest BCUT2D eigenvalue weighted by atomic mass is 16.2. The summed E-state index contributed by atoms with van der Waals surface area (Å²) in [5.41, 5.74) is -0.0804. The van der Waals surface area contributed by atoms with Crippen molar-refractivity contribution in [2.75, 3.05) is 20.1 Å². The normalized spacial score (nSPS) is 37.3. The zero-order valence-electron chi connectivity index (χ0n) is 9.38. The molecule has 2 aliphatic rings. The second kappa shape index (κ2) is 3.59. The molecule has 0 aromatic rings. The molecule has 2 atom stereocenters. The predicted octanol–water partition coefficient (Wildman–Crippen LogP) is 0.381. The Morgan fingerprint density at radius 1 is 1.53 bits per heavy atom. The number of carbonyl (C=O) groups is 2. The van der Waals surface area contributed by atoms with Crippen molar-refractivity contribution >= 4 is 11.8 Å². The summed E-state index contributed by atoms with van der Waals surface area (Å²) in [7, 11) is 2.05. The van der Waals surface area contributed by atoms with Crippen molar-refractivity contribution in [2.45, 2.75) is 26.2 Å². The SMILES string of the molecule is CCC1C(=O)NC(=O)CC12CCN(C)C2. The second-order valence-electron chi connectivity index (χ2n) is 4.90. The molecule has 2 saturated heterocycles. The molecule has 0 aromatic carbocycles. The minimum absolute atomic E-state index is 0.0140. The van der Waals surface area contributed by atoms with E-state index in [0.29, 0.717) is 6.42 Å². The van der Waals surface area contributed by atoms with Crippen LogP contribution in [-0.4, -0.2) is 36.9 Å². The maximum atomic E-state index is 11.8. The average Bonchev–Trinajstić information content (AvgIpc) is 2.47. The Balaban J connectivity index is 2.26. The number of likely N-dealkylation sites (tertiary alicyclic amines) is 1. The van der Waals surface area contributed by atoms with Gasteiger partial charge < -0.3 is 4.90 Å². The van der Waals surface area contributed by atoms with Crippen LogP contribution in [0.25, 0.3) is 0 Å². The molecule has 0 aliphatic carbocycles. The molecular formula is C11H18N2O2. The van der Waals surface area contributed by atoms with Crippen LogP contribution in [0.4, 0.5) is 0 Å². The van der Waals surface area contributed by atoms with Crippen molar-refractivity contribution in [1.82, 2.24) is 10.2 Å². The predicted molar refractivity (Wildman–Crippen MR) is 56.1 cm³/mol. The Labute approximate surface area is 90.0 Å². The second-order valence-corrected chi connectivity index (χ2v) is 4.90. The number of hydrogen-bond acceptors (Lipinski definition) is 3. The first-order chi connectivity index (χ1) is 7.07. The molecule has 15 heavy (non-hydrogen) atoms. The zero-order valence-corrected chi connectivity index (χ0v) is 9.38. The van der Waals surface area contributed by atoms with Gasteiger partial charge in [0.05, 0.1) is 0 Å². The van der Waals surface area contributed by atoms with E-state index in [0.717, 1.165) is 25.9 Å². The fourth-order valence-electron chi connectivity index (χ4n) is 3.15. The largest absolute Gasteiger partial charge is 0.306 e. The summed E-state index contributed by atoms with van der Waals surface area (Å²) in [6, 6.07) is 0. The number of piperidine rings is 1. The van der Waals surface area contributed by atoms with Gasteiger partial charge in [-0.3, -0.25) is 14.9 Å². The van der Waals surface area contributed by atoms with Gasteiger partial charge in [-0.2, -0.15) is 0 Å². The first-order valence-corrected chi connectivity index (χ1v) is 5.59. The third-order valence-electron chi connectivity index (χ3n) is 3.82. The standard InChI is InChI=1S/C11H18N2O2/c1-3-8-10(15)12-9(14)6-11(8)4-5-13(2)7-11/h8H,3-7H2,1-2H3,(H,12,14,15). The van der Waals surface area contributed by atoms with Gasteiger partial charge >= 0.3 is 0 Å². The average molecular weight is 210 g/mol. The topological polar surface area (TPSA) is 49.4 Å². The van der Waals surface area contributed by atoms with E-state index in [1.807, 2.05) is 6.92 Å². The minimum atomic E-state index is -0.0972. The fourth-order valence-corrected chi connectivity index (χ4v) is 3.15. The lowest BCUT2D eigenvalue weighted by Gasteiger charge is -2.39. The van der Waals surface area contributed by atoms with Gasteiger partial charge in [-0.1, -0.05) is 6.92 Å². The highest BCUT2D eigenvalue weighted by Crippen LogP contribution is 2.44. The lowest BCUT2D eigenvalue weighted by Crippen LogP contribution is -2.52. The molecule has 2 amide bonds. The Kier molecular flexibility index (Phi) is 2.54. The van der Waals surface area contributed by atoms with Gasteiger partial charge in [0.1, 0.15) is 0 Å². The summed E-state index contributed by atoms with van der Waals surface area (Å²) in [6.45, 7) is 3.90. The molecule has 0 bridgehead atoms. The lowest BCUT2D eigenvalue weighted by atomic mass is 9.68. The van der Waals surface area contributed by atoms with E-state index in [2.05, 4.69) is 17.3 Å². The van der Waals surface area contributed by atoms with Crippen LogP contribution in [0.3, 0.4) is 0 Å². The summed E-state index contributed by atoms with van der Waals surface area (Å²) >= 11 is 0. The summed E-state index contributed by atoms with van der Waals surface area (Å²) in [5, 5.41) is 2.45. The van der Waals surface area contributed by atoms with Crippen LogP contribution in [0, 0.1) is 11.3 Å². The molecule has 1 N–H and O–H groups in total. The van der Waals surface area contributed by atoms with Crippen LogP contribution < -0.4 is 5.32 Å². The molecule has 0 aromatic heterocycles. The molecule has 2 heterocycles. The first kappa shape index (κ1) is 10.6. The summed E-state index contributed by atoms with van der Waals surface area (Å²) in [4.78, 5) is 25.4.